The Morgan fingerprint density at radius 2 is 1.89 bits per heavy atom. The fourth-order valence-corrected chi connectivity index (χ4v) is 2.30. The summed E-state index contributed by atoms with van der Waals surface area (Å²) in [5, 5.41) is 3.44. The minimum absolute atomic E-state index is 0.0303. The number of nitrogens with one attached hydrogen (secondary N) is 1. The highest BCUT2D eigenvalue weighted by molar-refractivity contribution is 5.39. The molecule has 0 aliphatic carbocycles. The maximum Gasteiger partial charge on any atom is 0.122 e. The van der Waals surface area contributed by atoms with Crippen molar-refractivity contribution in [2.45, 2.75) is 32.0 Å². The van der Waals surface area contributed by atoms with Gasteiger partial charge in [0.1, 0.15) is 11.5 Å². The van der Waals surface area contributed by atoms with E-state index in [-0.39, 0.29) is 11.7 Å². The number of rotatable bonds is 4. The molecule has 0 radical (unpaired) electrons. The van der Waals surface area contributed by atoms with Crippen molar-refractivity contribution < 1.29 is 14.2 Å². The van der Waals surface area contributed by atoms with Crippen molar-refractivity contribution in [1.82, 2.24) is 5.32 Å². The molecule has 0 aromatic heterocycles. The van der Waals surface area contributed by atoms with Gasteiger partial charge in [0.15, 0.2) is 0 Å². The van der Waals surface area contributed by atoms with Gasteiger partial charge in [0.25, 0.3) is 0 Å². The van der Waals surface area contributed by atoms with Crippen molar-refractivity contribution in [3.63, 3.8) is 0 Å². The highest BCUT2D eigenvalue weighted by Crippen LogP contribution is 2.33. The van der Waals surface area contributed by atoms with Crippen LogP contribution in [0.15, 0.2) is 18.2 Å². The summed E-state index contributed by atoms with van der Waals surface area (Å²) in [4.78, 5) is 0. The van der Waals surface area contributed by atoms with E-state index < -0.39 is 0 Å². The Morgan fingerprint density at radius 3 is 2.42 bits per heavy atom. The summed E-state index contributed by atoms with van der Waals surface area (Å²) in [5.74, 6) is 1.59. The lowest BCUT2D eigenvalue weighted by Gasteiger charge is -2.39. The monoisotopic (exact) mass is 265 g/mol. The van der Waals surface area contributed by atoms with Gasteiger partial charge in [-0.15, -0.1) is 0 Å². The van der Waals surface area contributed by atoms with Crippen LogP contribution in [0.25, 0.3) is 0 Å². The van der Waals surface area contributed by atoms with E-state index in [0.717, 1.165) is 36.6 Å². The first-order chi connectivity index (χ1) is 9.10. The minimum atomic E-state index is -0.112. The number of ether oxygens (including phenoxy) is 3. The van der Waals surface area contributed by atoms with E-state index >= 15 is 0 Å². The Labute approximate surface area is 115 Å². The van der Waals surface area contributed by atoms with Gasteiger partial charge in [-0.2, -0.15) is 0 Å². The SMILES string of the molecule is CCC1(C)CNCC(c2cc(OC)cc(OC)c2)O1. The summed E-state index contributed by atoms with van der Waals surface area (Å²) in [5.41, 5.74) is 0.974. The molecule has 0 spiro atoms. The number of methoxy groups -OCH3 is 2. The maximum absolute atomic E-state index is 6.23. The third-order valence-corrected chi connectivity index (χ3v) is 3.75. The van der Waals surface area contributed by atoms with Crippen LogP contribution in [0.3, 0.4) is 0 Å². The van der Waals surface area contributed by atoms with Crippen molar-refractivity contribution in [1.29, 1.82) is 0 Å². The lowest BCUT2D eigenvalue weighted by molar-refractivity contribution is -0.109. The topological polar surface area (TPSA) is 39.7 Å². The van der Waals surface area contributed by atoms with E-state index in [2.05, 4.69) is 19.2 Å². The first kappa shape index (κ1) is 14.2. The predicted molar refractivity (Wildman–Crippen MR) is 74.9 cm³/mol. The van der Waals surface area contributed by atoms with E-state index in [4.69, 9.17) is 14.2 Å². The Morgan fingerprint density at radius 1 is 1.26 bits per heavy atom. The van der Waals surface area contributed by atoms with Gasteiger partial charge in [-0.25, -0.2) is 0 Å². The second-order valence-electron chi connectivity index (χ2n) is 5.19. The Kier molecular flexibility index (Phi) is 4.32. The molecule has 19 heavy (non-hydrogen) atoms. The number of hydrogen-bond donors (Lipinski definition) is 1. The van der Waals surface area contributed by atoms with Crippen molar-refractivity contribution in [3.05, 3.63) is 23.8 Å². The average Bonchev–Trinajstić information content (AvgIpc) is 2.46. The molecule has 1 aromatic carbocycles. The molecular weight excluding hydrogens is 242 g/mol. The van der Waals surface area contributed by atoms with Crippen molar-refractivity contribution in [2.75, 3.05) is 27.3 Å². The Balaban J connectivity index is 2.25. The quantitative estimate of drug-likeness (QED) is 0.908. The molecule has 1 saturated heterocycles. The van der Waals surface area contributed by atoms with Crippen LogP contribution in [0.5, 0.6) is 11.5 Å². The molecule has 2 rings (SSSR count). The number of morpholine rings is 1. The molecule has 2 atom stereocenters. The van der Waals surface area contributed by atoms with Crippen molar-refractivity contribution >= 4 is 0 Å². The van der Waals surface area contributed by atoms with Crippen molar-refractivity contribution in [2.24, 2.45) is 0 Å². The first-order valence-corrected chi connectivity index (χ1v) is 6.71. The zero-order chi connectivity index (χ0) is 13.9. The summed E-state index contributed by atoms with van der Waals surface area (Å²) in [6.45, 7) is 5.99. The van der Waals surface area contributed by atoms with Gasteiger partial charge in [-0.1, -0.05) is 6.92 Å². The van der Waals surface area contributed by atoms with E-state index in [1.807, 2.05) is 18.2 Å². The van der Waals surface area contributed by atoms with Crippen LogP contribution >= 0.6 is 0 Å². The predicted octanol–water partition coefficient (Wildman–Crippen LogP) is 2.53. The Bertz CT molecular complexity index is 413. The van der Waals surface area contributed by atoms with E-state index in [1.165, 1.54) is 0 Å². The lowest BCUT2D eigenvalue weighted by Crippen LogP contribution is -2.48. The summed E-state index contributed by atoms with van der Waals surface area (Å²) in [7, 11) is 3.32. The van der Waals surface area contributed by atoms with Crippen LogP contribution in [-0.2, 0) is 4.74 Å². The molecule has 1 aliphatic rings. The molecule has 1 N–H and O–H groups in total. The molecule has 106 valence electrons. The van der Waals surface area contributed by atoms with Crippen LogP contribution in [0.1, 0.15) is 31.9 Å². The molecule has 0 saturated carbocycles. The lowest BCUT2D eigenvalue weighted by atomic mass is 9.98. The standard InChI is InChI=1S/C15H23NO3/c1-5-15(2)10-16-9-14(19-15)11-6-12(17-3)8-13(7-11)18-4/h6-8,14,16H,5,9-10H2,1-4H3. The zero-order valence-electron chi connectivity index (χ0n) is 12.2. The third-order valence-electron chi connectivity index (χ3n) is 3.75. The van der Waals surface area contributed by atoms with Gasteiger partial charge < -0.3 is 19.5 Å². The van der Waals surface area contributed by atoms with Crippen LogP contribution in [-0.4, -0.2) is 32.9 Å². The van der Waals surface area contributed by atoms with Gasteiger partial charge >= 0.3 is 0 Å². The second-order valence-corrected chi connectivity index (χ2v) is 5.19. The van der Waals surface area contributed by atoms with Gasteiger partial charge in [-0.3, -0.25) is 0 Å². The molecule has 0 amide bonds. The number of benzene rings is 1. The molecular formula is C15H23NO3. The molecule has 1 fully saturated rings. The summed E-state index contributed by atoms with van der Waals surface area (Å²) >= 11 is 0. The van der Waals surface area contributed by atoms with Crippen LogP contribution in [0.2, 0.25) is 0 Å². The normalized spacial score (nSPS) is 27.1. The molecule has 2 unspecified atom stereocenters. The fourth-order valence-electron chi connectivity index (χ4n) is 2.30. The first-order valence-electron chi connectivity index (χ1n) is 6.71. The second kappa shape index (κ2) is 5.80. The third kappa shape index (κ3) is 3.19. The molecule has 0 bridgehead atoms. The number of hydrogen-bond acceptors (Lipinski definition) is 4. The molecule has 1 aliphatic heterocycles. The molecule has 4 nitrogen and oxygen atoms in total. The molecule has 1 aromatic rings. The molecule has 4 heteroatoms. The molecule has 1 heterocycles. The fraction of sp³-hybridized carbons (Fsp3) is 0.600. The van der Waals surface area contributed by atoms with Crippen molar-refractivity contribution in [3.8, 4) is 11.5 Å². The van der Waals surface area contributed by atoms with Crippen LogP contribution in [0.4, 0.5) is 0 Å². The summed E-state index contributed by atoms with van der Waals surface area (Å²) in [6, 6.07) is 5.89. The Hall–Kier alpha value is -1.26. The highest BCUT2D eigenvalue weighted by Gasteiger charge is 2.32. The van der Waals surface area contributed by atoms with E-state index in [0.29, 0.717) is 0 Å². The smallest absolute Gasteiger partial charge is 0.122 e. The average molecular weight is 265 g/mol. The minimum Gasteiger partial charge on any atom is -0.497 e. The summed E-state index contributed by atoms with van der Waals surface area (Å²) in [6.07, 6.45) is 1.01. The van der Waals surface area contributed by atoms with Crippen LogP contribution < -0.4 is 14.8 Å². The van der Waals surface area contributed by atoms with Gasteiger partial charge in [0.2, 0.25) is 0 Å². The zero-order valence-corrected chi connectivity index (χ0v) is 12.2. The van der Waals surface area contributed by atoms with E-state index in [9.17, 15) is 0 Å². The summed E-state index contributed by atoms with van der Waals surface area (Å²) < 4.78 is 16.9. The van der Waals surface area contributed by atoms with Gasteiger partial charge in [0.05, 0.1) is 25.9 Å². The maximum atomic E-state index is 6.23. The van der Waals surface area contributed by atoms with Crippen LogP contribution in [0, 0.1) is 0 Å². The largest absolute Gasteiger partial charge is 0.497 e. The van der Waals surface area contributed by atoms with Gasteiger partial charge in [-0.05, 0) is 31.0 Å². The van der Waals surface area contributed by atoms with E-state index in [1.54, 1.807) is 14.2 Å². The van der Waals surface area contributed by atoms with Gasteiger partial charge in [0, 0.05) is 19.2 Å². The highest BCUT2D eigenvalue weighted by atomic mass is 16.5.